The molecule has 1 aliphatic heterocycles. The molecule has 0 bridgehead atoms. The van der Waals surface area contributed by atoms with E-state index in [1.54, 1.807) is 12.4 Å². The van der Waals surface area contributed by atoms with Gasteiger partial charge in [0.15, 0.2) is 11.5 Å². The standard InChI is InChI=1S/C12H17N5/c1-8-5-9(2)17(6-8)12-11-14-3-4-16(11)7-10(13)15-12/h3-4,7-9H,5-6,13H2,1-2H3. The van der Waals surface area contributed by atoms with Gasteiger partial charge in [0.1, 0.15) is 5.82 Å². The van der Waals surface area contributed by atoms with Crippen molar-refractivity contribution in [2.24, 2.45) is 5.92 Å². The maximum absolute atomic E-state index is 5.85. The zero-order valence-corrected chi connectivity index (χ0v) is 10.2. The van der Waals surface area contributed by atoms with Crippen LogP contribution in [0.1, 0.15) is 20.3 Å². The van der Waals surface area contributed by atoms with Crippen LogP contribution >= 0.6 is 0 Å². The molecule has 2 atom stereocenters. The minimum Gasteiger partial charge on any atom is -0.382 e. The van der Waals surface area contributed by atoms with E-state index >= 15 is 0 Å². The third-order valence-electron chi connectivity index (χ3n) is 3.43. The van der Waals surface area contributed by atoms with Crippen molar-refractivity contribution in [1.82, 2.24) is 14.4 Å². The number of nitrogens with zero attached hydrogens (tertiary/aromatic N) is 4. The molecule has 17 heavy (non-hydrogen) atoms. The Labute approximate surface area is 100 Å². The molecule has 2 aromatic rings. The van der Waals surface area contributed by atoms with E-state index in [2.05, 4.69) is 28.7 Å². The van der Waals surface area contributed by atoms with Gasteiger partial charge in [-0.2, -0.15) is 0 Å². The summed E-state index contributed by atoms with van der Waals surface area (Å²) in [6.45, 7) is 5.53. The third kappa shape index (κ3) is 1.62. The zero-order chi connectivity index (χ0) is 12.0. The average molecular weight is 231 g/mol. The van der Waals surface area contributed by atoms with Crippen LogP contribution in [0.15, 0.2) is 18.6 Å². The quantitative estimate of drug-likeness (QED) is 0.809. The summed E-state index contributed by atoms with van der Waals surface area (Å²) in [6.07, 6.45) is 6.69. The fourth-order valence-electron chi connectivity index (χ4n) is 2.72. The average Bonchev–Trinajstić information content (AvgIpc) is 2.83. The minimum atomic E-state index is 0.500. The molecule has 0 aliphatic carbocycles. The molecule has 2 N–H and O–H groups in total. The molecule has 1 aliphatic rings. The van der Waals surface area contributed by atoms with E-state index in [-0.39, 0.29) is 0 Å². The number of fused-ring (bicyclic) bond motifs is 1. The van der Waals surface area contributed by atoms with E-state index in [9.17, 15) is 0 Å². The van der Waals surface area contributed by atoms with Gasteiger partial charge in [-0.25, -0.2) is 9.97 Å². The van der Waals surface area contributed by atoms with Gasteiger partial charge in [-0.15, -0.1) is 0 Å². The lowest BCUT2D eigenvalue weighted by molar-refractivity contribution is 0.625. The van der Waals surface area contributed by atoms with Gasteiger partial charge in [0, 0.05) is 25.0 Å². The van der Waals surface area contributed by atoms with Crippen LogP contribution in [0, 0.1) is 5.92 Å². The second-order valence-electron chi connectivity index (χ2n) is 4.99. The Morgan fingerprint density at radius 2 is 2.24 bits per heavy atom. The van der Waals surface area contributed by atoms with Crippen molar-refractivity contribution in [3.05, 3.63) is 18.6 Å². The second kappa shape index (κ2) is 3.61. The van der Waals surface area contributed by atoms with Crippen LogP contribution in [0.4, 0.5) is 11.6 Å². The minimum absolute atomic E-state index is 0.500. The van der Waals surface area contributed by atoms with Gasteiger partial charge in [-0.1, -0.05) is 6.92 Å². The number of rotatable bonds is 1. The molecule has 0 radical (unpaired) electrons. The SMILES string of the molecule is CC1CC(C)N(c2nc(N)cn3ccnc23)C1. The fourth-order valence-corrected chi connectivity index (χ4v) is 2.72. The van der Waals surface area contributed by atoms with E-state index in [1.165, 1.54) is 6.42 Å². The molecule has 3 rings (SSSR count). The first-order valence-corrected chi connectivity index (χ1v) is 6.01. The summed E-state index contributed by atoms with van der Waals surface area (Å²) in [4.78, 5) is 11.1. The molecule has 3 heterocycles. The van der Waals surface area contributed by atoms with Crippen LogP contribution in [-0.4, -0.2) is 27.0 Å². The van der Waals surface area contributed by atoms with Crippen molar-refractivity contribution >= 4 is 17.3 Å². The number of hydrogen-bond donors (Lipinski definition) is 1. The van der Waals surface area contributed by atoms with Crippen LogP contribution in [-0.2, 0) is 0 Å². The predicted molar refractivity (Wildman–Crippen MR) is 68.0 cm³/mol. The summed E-state index contributed by atoms with van der Waals surface area (Å²) in [5.41, 5.74) is 6.73. The zero-order valence-electron chi connectivity index (χ0n) is 10.2. The summed E-state index contributed by atoms with van der Waals surface area (Å²) in [5.74, 6) is 2.15. The van der Waals surface area contributed by atoms with Crippen molar-refractivity contribution in [2.75, 3.05) is 17.2 Å². The Morgan fingerprint density at radius 1 is 1.41 bits per heavy atom. The number of aromatic nitrogens is 3. The number of hydrogen-bond acceptors (Lipinski definition) is 4. The molecule has 5 nitrogen and oxygen atoms in total. The number of nitrogens with two attached hydrogens (primary N) is 1. The van der Waals surface area contributed by atoms with Crippen molar-refractivity contribution < 1.29 is 0 Å². The molecule has 0 amide bonds. The van der Waals surface area contributed by atoms with Crippen LogP contribution in [0.5, 0.6) is 0 Å². The van der Waals surface area contributed by atoms with Gasteiger partial charge >= 0.3 is 0 Å². The normalized spacial score (nSPS) is 24.7. The summed E-state index contributed by atoms with van der Waals surface area (Å²) in [7, 11) is 0. The number of nitrogen functional groups attached to an aromatic ring is 1. The van der Waals surface area contributed by atoms with Gasteiger partial charge in [-0.3, -0.25) is 0 Å². The van der Waals surface area contributed by atoms with Gasteiger partial charge in [0.25, 0.3) is 0 Å². The van der Waals surface area contributed by atoms with Crippen LogP contribution < -0.4 is 10.6 Å². The lowest BCUT2D eigenvalue weighted by atomic mass is 10.1. The number of anilines is 2. The molecular formula is C12H17N5. The van der Waals surface area contributed by atoms with Crippen LogP contribution in [0.3, 0.4) is 0 Å². The Morgan fingerprint density at radius 3 is 2.94 bits per heavy atom. The maximum atomic E-state index is 5.85. The molecule has 1 fully saturated rings. The van der Waals surface area contributed by atoms with Gasteiger partial charge in [0.05, 0.1) is 6.20 Å². The molecule has 0 aromatic carbocycles. The Bertz CT molecular complexity index is 547. The highest BCUT2D eigenvalue weighted by Gasteiger charge is 2.29. The van der Waals surface area contributed by atoms with Gasteiger partial charge in [-0.05, 0) is 19.3 Å². The maximum Gasteiger partial charge on any atom is 0.180 e. The highest BCUT2D eigenvalue weighted by Crippen LogP contribution is 2.30. The molecule has 1 saturated heterocycles. The molecular weight excluding hydrogens is 214 g/mol. The molecule has 2 aromatic heterocycles. The van der Waals surface area contributed by atoms with E-state index in [1.807, 2.05) is 10.6 Å². The summed E-state index contributed by atoms with van der Waals surface area (Å²) in [6, 6.07) is 0.500. The van der Waals surface area contributed by atoms with Crippen molar-refractivity contribution in [1.29, 1.82) is 0 Å². The Kier molecular flexibility index (Phi) is 2.21. The third-order valence-corrected chi connectivity index (χ3v) is 3.43. The topological polar surface area (TPSA) is 59.5 Å². The first-order chi connectivity index (χ1) is 8.15. The summed E-state index contributed by atoms with van der Waals surface area (Å²) in [5, 5.41) is 0. The second-order valence-corrected chi connectivity index (χ2v) is 4.99. The van der Waals surface area contributed by atoms with Crippen molar-refractivity contribution in [3.63, 3.8) is 0 Å². The first kappa shape index (κ1) is 10.4. The van der Waals surface area contributed by atoms with Crippen molar-refractivity contribution in [3.8, 4) is 0 Å². The van der Waals surface area contributed by atoms with E-state index in [0.717, 1.165) is 18.0 Å². The van der Waals surface area contributed by atoms with E-state index in [4.69, 9.17) is 5.73 Å². The number of imidazole rings is 1. The van der Waals surface area contributed by atoms with Crippen LogP contribution in [0.25, 0.3) is 5.65 Å². The summed E-state index contributed by atoms with van der Waals surface area (Å²) >= 11 is 0. The highest BCUT2D eigenvalue weighted by molar-refractivity contribution is 5.67. The highest BCUT2D eigenvalue weighted by atomic mass is 15.3. The summed E-state index contributed by atoms with van der Waals surface area (Å²) < 4.78 is 1.94. The first-order valence-electron chi connectivity index (χ1n) is 6.01. The molecule has 0 saturated carbocycles. The van der Waals surface area contributed by atoms with E-state index in [0.29, 0.717) is 17.8 Å². The van der Waals surface area contributed by atoms with Gasteiger partial charge in [0.2, 0.25) is 0 Å². The lowest BCUT2D eigenvalue weighted by Crippen LogP contribution is -2.28. The molecule has 0 spiro atoms. The van der Waals surface area contributed by atoms with Gasteiger partial charge < -0.3 is 15.0 Å². The molecule has 90 valence electrons. The lowest BCUT2D eigenvalue weighted by Gasteiger charge is -2.23. The molecule has 2 unspecified atom stereocenters. The monoisotopic (exact) mass is 231 g/mol. The van der Waals surface area contributed by atoms with E-state index < -0.39 is 0 Å². The molecule has 5 heteroatoms. The largest absolute Gasteiger partial charge is 0.382 e. The predicted octanol–water partition coefficient (Wildman–Crippen LogP) is 1.55. The Hall–Kier alpha value is -1.78. The Balaban J connectivity index is 2.13. The fraction of sp³-hybridized carbons (Fsp3) is 0.500. The van der Waals surface area contributed by atoms with Crippen molar-refractivity contribution in [2.45, 2.75) is 26.3 Å². The smallest absolute Gasteiger partial charge is 0.180 e. The van der Waals surface area contributed by atoms with Crippen LogP contribution in [0.2, 0.25) is 0 Å².